The third-order valence-corrected chi connectivity index (χ3v) is 5.32. The Balaban J connectivity index is 1.51. The van der Waals surface area contributed by atoms with E-state index in [-0.39, 0.29) is 11.3 Å². The number of likely N-dealkylation sites (N-methyl/N-ethyl adjacent to an activating group) is 1. The summed E-state index contributed by atoms with van der Waals surface area (Å²) >= 11 is 0. The molecule has 168 valence electrons. The van der Waals surface area contributed by atoms with E-state index in [9.17, 15) is 0 Å². The van der Waals surface area contributed by atoms with Gasteiger partial charge in [-0.25, -0.2) is 4.98 Å². The number of hydrogen-bond donors (Lipinski definition) is 0. The minimum atomic E-state index is -3.43. The summed E-state index contributed by atoms with van der Waals surface area (Å²) in [4.78, 5) is 10.5. The summed E-state index contributed by atoms with van der Waals surface area (Å²) in [5.74, 6) is -3.99. The van der Waals surface area contributed by atoms with Gasteiger partial charge in [0.05, 0.1) is 30.1 Å². The Morgan fingerprint density at radius 3 is 2.67 bits per heavy atom. The van der Waals surface area contributed by atoms with Crippen LogP contribution in [0.2, 0.25) is 0 Å². The predicted molar refractivity (Wildman–Crippen MR) is 118 cm³/mol. The fourth-order valence-corrected chi connectivity index (χ4v) is 3.53. The number of aromatic nitrogens is 8. The molecule has 0 saturated heterocycles. The maximum atomic E-state index is 15.5. The van der Waals surface area contributed by atoms with Gasteiger partial charge in [-0.2, -0.15) is 23.5 Å². The van der Waals surface area contributed by atoms with Gasteiger partial charge in [0.25, 0.3) is 5.78 Å². The van der Waals surface area contributed by atoms with E-state index in [4.69, 9.17) is 0 Å². The highest BCUT2D eigenvalue weighted by Gasteiger charge is 2.40. The zero-order valence-electron chi connectivity index (χ0n) is 18.3. The van der Waals surface area contributed by atoms with Crippen molar-refractivity contribution in [1.29, 1.82) is 0 Å². The molecular weight excluding hydrogens is 428 g/mol. The van der Waals surface area contributed by atoms with Crippen LogP contribution in [0.25, 0.3) is 27.8 Å². The van der Waals surface area contributed by atoms with E-state index in [0.717, 1.165) is 28.7 Å². The van der Waals surface area contributed by atoms with E-state index >= 15 is 8.78 Å². The minimum Gasteiger partial charge on any atom is -0.308 e. The summed E-state index contributed by atoms with van der Waals surface area (Å²) in [6.07, 6.45) is 6.85. The number of rotatable bonds is 6. The molecule has 9 nitrogen and oxygen atoms in total. The monoisotopic (exact) mass is 449 g/mol. The highest BCUT2D eigenvalue weighted by Crippen LogP contribution is 2.36. The molecule has 0 aliphatic rings. The SMILES string of the molecule is Cc1cnc2nnc(C(F)(F)c3ccc4ncc(-c5cnn(CCN(C)C)c5)cc4c3)n2n1. The Labute approximate surface area is 187 Å². The second kappa shape index (κ2) is 7.93. The molecule has 4 aromatic heterocycles. The zero-order valence-corrected chi connectivity index (χ0v) is 18.3. The van der Waals surface area contributed by atoms with Crippen LogP contribution in [0.3, 0.4) is 0 Å². The van der Waals surface area contributed by atoms with Crippen LogP contribution in [0.5, 0.6) is 0 Å². The van der Waals surface area contributed by atoms with E-state index in [0.29, 0.717) is 16.6 Å². The number of fused-ring (bicyclic) bond motifs is 2. The van der Waals surface area contributed by atoms with Gasteiger partial charge >= 0.3 is 5.92 Å². The van der Waals surface area contributed by atoms with Gasteiger partial charge in [-0.15, -0.1) is 10.2 Å². The molecule has 0 unspecified atom stereocenters. The van der Waals surface area contributed by atoms with Gasteiger partial charge in [-0.1, -0.05) is 6.07 Å². The average molecular weight is 449 g/mol. The summed E-state index contributed by atoms with van der Waals surface area (Å²) in [6, 6.07) is 6.18. The van der Waals surface area contributed by atoms with Gasteiger partial charge in [0.15, 0.2) is 0 Å². The number of aryl methyl sites for hydroxylation is 1. The molecule has 0 amide bonds. The molecule has 0 saturated carbocycles. The standard InChI is InChI=1S/C22H21F2N9/c1-14-10-26-21-29-28-20(33(21)30-14)22(23,24)18-4-5-19-15(9-18)8-16(11-25-19)17-12-27-32(13-17)7-6-31(2)3/h4-5,8-13H,6-7H2,1-3H3. The van der Waals surface area contributed by atoms with Crippen LogP contribution in [0.4, 0.5) is 8.78 Å². The smallest absolute Gasteiger partial charge is 0.308 e. The maximum Gasteiger partial charge on any atom is 0.333 e. The molecule has 4 heterocycles. The molecule has 0 spiro atoms. The summed E-state index contributed by atoms with van der Waals surface area (Å²) in [6.45, 7) is 3.27. The maximum absolute atomic E-state index is 15.5. The Hall–Kier alpha value is -3.86. The summed E-state index contributed by atoms with van der Waals surface area (Å²) < 4.78 is 33.8. The second-order valence-electron chi connectivity index (χ2n) is 8.14. The first kappa shape index (κ1) is 21.0. The lowest BCUT2D eigenvalue weighted by Gasteiger charge is -2.15. The van der Waals surface area contributed by atoms with Crippen molar-refractivity contribution in [3.8, 4) is 11.1 Å². The molecule has 5 rings (SSSR count). The van der Waals surface area contributed by atoms with Crippen molar-refractivity contribution in [3.63, 3.8) is 0 Å². The summed E-state index contributed by atoms with van der Waals surface area (Å²) in [5.41, 5.74) is 2.54. The predicted octanol–water partition coefficient (Wildman–Crippen LogP) is 2.94. The van der Waals surface area contributed by atoms with Crippen LogP contribution in [0.15, 0.2) is 49.1 Å². The van der Waals surface area contributed by atoms with E-state index in [2.05, 4.69) is 35.3 Å². The van der Waals surface area contributed by atoms with Crippen LogP contribution in [-0.4, -0.2) is 65.1 Å². The Bertz CT molecular complexity index is 1460. The van der Waals surface area contributed by atoms with Gasteiger partial charge in [-0.05, 0) is 39.2 Å². The largest absolute Gasteiger partial charge is 0.333 e. The molecule has 0 fully saturated rings. The van der Waals surface area contributed by atoms with E-state index < -0.39 is 11.7 Å². The first-order valence-corrected chi connectivity index (χ1v) is 10.3. The van der Waals surface area contributed by atoms with Crippen molar-refractivity contribution in [1.82, 2.24) is 44.5 Å². The average Bonchev–Trinajstić information content (AvgIpc) is 3.44. The summed E-state index contributed by atoms with van der Waals surface area (Å²) in [5, 5.41) is 16.5. The van der Waals surface area contributed by atoms with Crippen molar-refractivity contribution in [2.75, 3.05) is 20.6 Å². The third-order valence-electron chi connectivity index (χ3n) is 5.32. The lowest BCUT2D eigenvalue weighted by atomic mass is 10.0. The Kier molecular flexibility index (Phi) is 5.05. The Morgan fingerprint density at radius 2 is 1.85 bits per heavy atom. The highest BCUT2D eigenvalue weighted by atomic mass is 19.3. The lowest BCUT2D eigenvalue weighted by molar-refractivity contribution is 0.0306. The third kappa shape index (κ3) is 3.91. The van der Waals surface area contributed by atoms with E-state index in [1.165, 1.54) is 18.3 Å². The number of pyridine rings is 1. The number of alkyl halides is 2. The normalized spacial score (nSPS) is 12.3. The van der Waals surface area contributed by atoms with Crippen LogP contribution < -0.4 is 0 Å². The molecular formula is C22H21F2N9. The fourth-order valence-electron chi connectivity index (χ4n) is 3.53. The van der Waals surface area contributed by atoms with Crippen molar-refractivity contribution < 1.29 is 8.78 Å². The number of benzene rings is 1. The van der Waals surface area contributed by atoms with Crippen LogP contribution in [0, 0.1) is 6.92 Å². The molecule has 0 aliphatic carbocycles. The number of hydrogen-bond acceptors (Lipinski definition) is 7. The van der Waals surface area contributed by atoms with Crippen molar-refractivity contribution in [2.24, 2.45) is 0 Å². The fraction of sp³-hybridized carbons (Fsp3) is 0.273. The van der Waals surface area contributed by atoms with Crippen LogP contribution in [-0.2, 0) is 12.5 Å². The summed E-state index contributed by atoms with van der Waals surface area (Å²) in [7, 11) is 4.00. The first-order valence-electron chi connectivity index (χ1n) is 10.3. The van der Waals surface area contributed by atoms with Gasteiger partial charge in [0, 0.05) is 41.0 Å². The lowest BCUT2D eigenvalue weighted by Crippen LogP contribution is -2.20. The molecule has 11 heteroatoms. The number of halogens is 2. The zero-order chi connectivity index (χ0) is 23.2. The Morgan fingerprint density at radius 1 is 1.00 bits per heavy atom. The number of nitrogens with zero attached hydrogens (tertiary/aromatic N) is 9. The molecule has 0 atom stereocenters. The van der Waals surface area contributed by atoms with Gasteiger partial charge < -0.3 is 4.90 Å². The molecule has 0 N–H and O–H groups in total. The minimum absolute atomic E-state index is 0.0197. The van der Waals surface area contributed by atoms with Gasteiger partial charge in [-0.3, -0.25) is 9.67 Å². The van der Waals surface area contributed by atoms with Crippen LogP contribution in [0.1, 0.15) is 17.1 Å². The second-order valence-corrected chi connectivity index (χ2v) is 8.14. The first-order chi connectivity index (χ1) is 15.8. The molecule has 33 heavy (non-hydrogen) atoms. The molecule has 1 aromatic carbocycles. The van der Waals surface area contributed by atoms with Gasteiger partial charge in [0.1, 0.15) is 0 Å². The van der Waals surface area contributed by atoms with Gasteiger partial charge in [0.2, 0.25) is 5.82 Å². The molecule has 0 radical (unpaired) electrons. The van der Waals surface area contributed by atoms with Crippen molar-refractivity contribution in [2.45, 2.75) is 19.4 Å². The quantitative estimate of drug-likeness (QED) is 0.394. The van der Waals surface area contributed by atoms with E-state index in [1.807, 2.05) is 31.0 Å². The molecule has 0 bridgehead atoms. The van der Waals surface area contributed by atoms with E-state index in [1.54, 1.807) is 25.4 Å². The topological polar surface area (TPSA) is 89.9 Å². The van der Waals surface area contributed by atoms with Crippen molar-refractivity contribution in [3.05, 3.63) is 66.1 Å². The molecule has 5 aromatic rings. The molecule has 0 aliphatic heterocycles. The van der Waals surface area contributed by atoms with Crippen LogP contribution >= 0.6 is 0 Å². The van der Waals surface area contributed by atoms with Crippen molar-refractivity contribution >= 4 is 16.7 Å². The highest BCUT2D eigenvalue weighted by molar-refractivity contribution is 5.84.